The molecule has 0 fully saturated rings. The highest BCUT2D eigenvalue weighted by Gasteiger charge is 2.10. The third kappa shape index (κ3) is 4.10. The predicted molar refractivity (Wildman–Crippen MR) is 82.6 cm³/mol. The Kier molecular flexibility index (Phi) is 5.43. The molecule has 1 aromatic heterocycles. The summed E-state index contributed by atoms with van der Waals surface area (Å²) in [6, 6.07) is 6.28. The zero-order valence-electron chi connectivity index (χ0n) is 11.4. The number of nitrogens with two attached hydrogens (primary N) is 1. The molecular formula is C13H15BrFN5O. The van der Waals surface area contributed by atoms with Gasteiger partial charge in [-0.3, -0.25) is 0 Å². The normalized spacial score (nSPS) is 10.5. The maximum Gasteiger partial charge on any atom is 0.158 e. The smallest absolute Gasteiger partial charge is 0.158 e. The number of nitrogens with one attached hydrogen (secondary N) is 2. The zero-order valence-corrected chi connectivity index (χ0v) is 12.9. The van der Waals surface area contributed by atoms with E-state index in [4.69, 9.17) is 10.6 Å². The molecule has 0 atom stereocenters. The Bertz CT molecular complexity index is 605. The van der Waals surface area contributed by atoms with Crippen LogP contribution < -0.4 is 16.6 Å². The molecule has 0 unspecified atom stereocenters. The van der Waals surface area contributed by atoms with Gasteiger partial charge in [0.25, 0.3) is 0 Å². The van der Waals surface area contributed by atoms with E-state index in [-0.39, 0.29) is 6.61 Å². The Labute approximate surface area is 130 Å². The van der Waals surface area contributed by atoms with E-state index in [0.29, 0.717) is 34.2 Å². The molecule has 1 heterocycles. The van der Waals surface area contributed by atoms with Crippen LogP contribution in [-0.4, -0.2) is 16.6 Å². The second-order valence-electron chi connectivity index (χ2n) is 4.06. The van der Waals surface area contributed by atoms with Crippen molar-refractivity contribution in [1.82, 2.24) is 9.97 Å². The van der Waals surface area contributed by atoms with Crippen molar-refractivity contribution in [2.45, 2.75) is 13.5 Å². The van der Waals surface area contributed by atoms with Gasteiger partial charge in [0.2, 0.25) is 0 Å². The Balaban J connectivity index is 2.30. The number of para-hydroxylation sites is 1. The highest BCUT2D eigenvalue weighted by atomic mass is 79.9. The molecular weight excluding hydrogens is 341 g/mol. The van der Waals surface area contributed by atoms with Crippen molar-refractivity contribution in [1.29, 1.82) is 0 Å². The highest BCUT2D eigenvalue weighted by molar-refractivity contribution is 9.10. The first kappa shape index (κ1) is 15.6. The van der Waals surface area contributed by atoms with Crippen molar-refractivity contribution in [3.05, 3.63) is 40.4 Å². The fraction of sp³-hybridized carbons (Fsp3) is 0.231. The number of hydrogen-bond acceptors (Lipinski definition) is 6. The van der Waals surface area contributed by atoms with E-state index in [1.807, 2.05) is 6.92 Å². The van der Waals surface area contributed by atoms with Gasteiger partial charge in [0.1, 0.15) is 24.1 Å². The molecule has 0 aliphatic carbocycles. The minimum atomic E-state index is -0.392. The monoisotopic (exact) mass is 355 g/mol. The van der Waals surface area contributed by atoms with Crippen molar-refractivity contribution in [2.75, 3.05) is 17.3 Å². The van der Waals surface area contributed by atoms with Gasteiger partial charge in [0.15, 0.2) is 5.82 Å². The van der Waals surface area contributed by atoms with Gasteiger partial charge in [-0.05, 0) is 35.0 Å². The number of benzene rings is 1. The Hall–Kier alpha value is -1.77. The summed E-state index contributed by atoms with van der Waals surface area (Å²) in [6.07, 6.45) is 0. The minimum Gasteiger partial charge on any atom is -0.374 e. The second-order valence-corrected chi connectivity index (χ2v) is 4.91. The first-order valence-electron chi connectivity index (χ1n) is 6.27. The van der Waals surface area contributed by atoms with Crippen LogP contribution in [0.5, 0.6) is 0 Å². The number of rotatable bonds is 6. The summed E-state index contributed by atoms with van der Waals surface area (Å²) in [4.78, 5) is 8.42. The molecule has 0 aliphatic heterocycles. The lowest BCUT2D eigenvalue weighted by molar-refractivity contribution is 0.128. The summed E-state index contributed by atoms with van der Waals surface area (Å²) in [5.41, 5.74) is 2.74. The van der Waals surface area contributed by atoms with Crippen LogP contribution in [0, 0.1) is 5.82 Å². The Morgan fingerprint density at radius 1 is 1.33 bits per heavy atom. The molecule has 4 N–H and O–H groups in total. The molecule has 0 saturated carbocycles. The van der Waals surface area contributed by atoms with Gasteiger partial charge >= 0.3 is 0 Å². The van der Waals surface area contributed by atoms with E-state index >= 15 is 0 Å². The van der Waals surface area contributed by atoms with Crippen LogP contribution in [-0.2, 0) is 11.3 Å². The first-order valence-corrected chi connectivity index (χ1v) is 7.06. The van der Waals surface area contributed by atoms with E-state index in [1.54, 1.807) is 18.2 Å². The molecule has 1 aromatic carbocycles. The number of ether oxygens (including phenoxy) is 1. The summed E-state index contributed by atoms with van der Waals surface area (Å²) in [6.45, 7) is 2.67. The van der Waals surface area contributed by atoms with Crippen LogP contribution >= 0.6 is 15.9 Å². The maximum absolute atomic E-state index is 13.8. The molecule has 0 saturated heterocycles. The van der Waals surface area contributed by atoms with Gasteiger partial charge in [-0.25, -0.2) is 20.2 Å². The number of nitrogen functional groups attached to an aromatic ring is 1. The lowest BCUT2D eigenvalue weighted by Crippen LogP contribution is -2.12. The van der Waals surface area contributed by atoms with Crippen molar-refractivity contribution in [3.63, 3.8) is 0 Å². The number of hydrogen-bond donors (Lipinski definition) is 3. The molecule has 2 aromatic rings. The zero-order chi connectivity index (χ0) is 15.2. The average Bonchev–Trinajstić information content (AvgIpc) is 2.49. The molecule has 8 heteroatoms. The lowest BCUT2D eigenvalue weighted by Gasteiger charge is -2.11. The third-order valence-corrected chi connectivity index (χ3v) is 3.23. The number of nitrogens with zero attached hydrogens (tertiary/aromatic N) is 2. The van der Waals surface area contributed by atoms with Gasteiger partial charge in [0, 0.05) is 17.1 Å². The van der Waals surface area contributed by atoms with Crippen LogP contribution in [0.4, 0.5) is 21.7 Å². The van der Waals surface area contributed by atoms with Gasteiger partial charge in [-0.1, -0.05) is 6.07 Å². The van der Waals surface area contributed by atoms with Gasteiger partial charge in [-0.2, -0.15) is 0 Å². The highest BCUT2D eigenvalue weighted by Crippen LogP contribution is 2.28. The predicted octanol–water partition coefficient (Wildman–Crippen LogP) is 2.94. The minimum absolute atomic E-state index is 0.249. The fourth-order valence-electron chi connectivity index (χ4n) is 1.64. The SMILES string of the molecule is CCOCc1nc(NN)cc(Nc2c(F)cccc2Br)n1. The van der Waals surface area contributed by atoms with Crippen molar-refractivity contribution < 1.29 is 9.13 Å². The van der Waals surface area contributed by atoms with E-state index < -0.39 is 5.82 Å². The number of anilines is 3. The van der Waals surface area contributed by atoms with Crippen LogP contribution in [0.1, 0.15) is 12.7 Å². The third-order valence-electron chi connectivity index (χ3n) is 2.57. The van der Waals surface area contributed by atoms with E-state index in [2.05, 4.69) is 36.6 Å². The van der Waals surface area contributed by atoms with Crippen molar-refractivity contribution >= 4 is 33.3 Å². The molecule has 0 radical (unpaired) electrons. The molecule has 21 heavy (non-hydrogen) atoms. The lowest BCUT2D eigenvalue weighted by atomic mass is 10.3. The van der Waals surface area contributed by atoms with Crippen LogP contribution in [0.25, 0.3) is 0 Å². The maximum atomic E-state index is 13.8. The second kappa shape index (κ2) is 7.30. The van der Waals surface area contributed by atoms with Gasteiger partial charge in [-0.15, -0.1) is 0 Å². The fourth-order valence-corrected chi connectivity index (χ4v) is 2.08. The summed E-state index contributed by atoms with van der Waals surface area (Å²) < 4.78 is 19.7. The standard InChI is InChI=1S/C13H15BrFN5O/c1-2-21-7-12-17-10(6-11(18-12)20-16)19-13-8(14)4-3-5-9(13)15/h3-6H,2,7,16H2,1H3,(H2,17,18,19,20). The first-order chi connectivity index (χ1) is 10.1. The van der Waals surface area contributed by atoms with Crippen LogP contribution in [0.15, 0.2) is 28.7 Å². The average molecular weight is 356 g/mol. The molecule has 0 spiro atoms. The van der Waals surface area contributed by atoms with E-state index in [1.165, 1.54) is 6.07 Å². The molecule has 0 aliphatic rings. The molecule has 0 bridgehead atoms. The van der Waals surface area contributed by atoms with Crippen molar-refractivity contribution in [3.8, 4) is 0 Å². The summed E-state index contributed by atoms with van der Waals surface area (Å²) in [5.74, 6) is 6.26. The van der Waals surface area contributed by atoms with Crippen molar-refractivity contribution in [2.24, 2.45) is 5.84 Å². The quantitative estimate of drug-likeness (QED) is 0.545. The topological polar surface area (TPSA) is 85.1 Å². The van der Waals surface area contributed by atoms with E-state index in [9.17, 15) is 4.39 Å². The summed E-state index contributed by atoms with van der Waals surface area (Å²) >= 11 is 3.29. The molecule has 6 nitrogen and oxygen atoms in total. The molecule has 0 amide bonds. The van der Waals surface area contributed by atoms with Gasteiger partial charge < -0.3 is 15.5 Å². The number of aromatic nitrogens is 2. The molecule has 112 valence electrons. The number of halogens is 2. The Morgan fingerprint density at radius 2 is 2.10 bits per heavy atom. The number of hydrazine groups is 1. The largest absolute Gasteiger partial charge is 0.374 e. The van der Waals surface area contributed by atoms with E-state index in [0.717, 1.165) is 0 Å². The summed E-state index contributed by atoms with van der Waals surface area (Å²) in [7, 11) is 0. The summed E-state index contributed by atoms with van der Waals surface area (Å²) in [5, 5.41) is 2.91. The molecule has 2 rings (SSSR count). The van der Waals surface area contributed by atoms with Crippen LogP contribution in [0.2, 0.25) is 0 Å². The van der Waals surface area contributed by atoms with Gasteiger partial charge in [0.05, 0.1) is 5.69 Å². The Morgan fingerprint density at radius 3 is 2.76 bits per heavy atom. The van der Waals surface area contributed by atoms with Crippen LogP contribution in [0.3, 0.4) is 0 Å².